The van der Waals surface area contributed by atoms with E-state index in [1.165, 1.54) is 4.90 Å². The highest BCUT2D eigenvalue weighted by molar-refractivity contribution is 5.91. The second-order valence-electron chi connectivity index (χ2n) is 5.88. The van der Waals surface area contributed by atoms with Gasteiger partial charge in [-0.3, -0.25) is 0 Å². The third kappa shape index (κ3) is 4.44. The standard InChI is InChI=1S/C16H26N2O3/c1-5-13-8-6-7-12(2)14(13)17-15(21)18(4)9-16(3,10-19)11-20/h6-8,19-20H,5,9-11H2,1-4H3,(H,17,21). The topological polar surface area (TPSA) is 72.8 Å². The number of nitrogens with one attached hydrogen (secondary N) is 1. The second kappa shape index (κ2) is 7.43. The van der Waals surface area contributed by atoms with Crippen molar-refractivity contribution in [1.29, 1.82) is 0 Å². The van der Waals surface area contributed by atoms with Crippen molar-refractivity contribution < 1.29 is 15.0 Å². The molecule has 0 aromatic heterocycles. The smallest absolute Gasteiger partial charge is 0.321 e. The van der Waals surface area contributed by atoms with Gasteiger partial charge in [0.25, 0.3) is 0 Å². The molecule has 0 bridgehead atoms. The number of rotatable bonds is 6. The lowest BCUT2D eigenvalue weighted by Gasteiger charge is -2.30. The summed E-state index contributed by atoms with van der Waals surface area (Å²) in [5.74, 6) is 0. The van der Waals surface area contributed by atoms with Gasteiger partial charge in [0.05, 0.1) is 13.2 Å². The number of aliphatic hydroxyl groups is 2. The van der Waals surface area contributed by atoms with Crippen LogP contribution in [0.25, 0.3) is 0 Å². The van der Waals surface area contributed by atoms with Gasteiger partial charge in [0.2, 0.25) is 0 Å². The number of hydrogen-bond donors (Lipinski definition) is 3. The molecule has 0 aliphatic heterocycles. The summed E-state index contributed by atoms with van der Waals surface area (Å²) in [4.78, 5) is 13.8. The van der Waals surface area contributed by atoms with Gasteiger partial charge in [-0.15, -0.1) is 0 Å². The lowest BCUT2D eigenvalue weighted by molar-refractivity contribution is 0.0509. The Hall–Kier alpha value is -1.59. The zero-order valence-electron chi connectivity index (χ0n) is 13.3. The first-order chi connectivity index (χ1) is 9.86. The predicted octanol–water partition coefficient (Wildman–Crippen LogP) is 2.01. The Morgan fingerprint density at radius 2 is 1.95 bits per heavy atom. The number of amides is 2. The Labute approximate surface area is 126 Å². The molecule has 118 valence electrons. The summed E-state index contributed by atoms with van der Waals surface area (Å²) in [7, 11) is 1.66. The average Bonchev–Trinajstić information content (AvgIpc) is 2.48. The molecule has 0 heterocycles. The molecule has 0 aliphatic carbocycles. The molecule has 0 saturated heterocycles. The van der Waals surface area contributed by atoms with Gasteiger partial charge in [-0.25, -0.2) is 4.79 Å². The lowest BCUT2D eigenvalue weighted by Crippen LogP contribution is -2.43. The van der Waals surface area contributed by atoms with Gasteiger partial charge >= 0.3 is 6.03 Å². The summed E-state index contributed by atoms with van der Waals surface area (Å²) >= 11 is 0. The van der Waals surface area contributed by atoms with E-state index in [9.17, 15) is 15.0 Å². The first kappa shape index (κ1) is 17.5. The van der Waals surface area contributed by atoms with Gasteiger partial charge in [0.15, 0.2) is 0 Å². The van der Waals surface area contributed by atoms with Gasteiger partial charge in [-0.1, -0.05) is 32.0 Å². The van der Waals surface area contributed by atoms with Gasteiger partial charge in [-0.05, 0) is 24.5 Å². The minimum absolute atomic E-state index is 0.175. The molecule has 0 unspecified atom stereocenters. The minimum Gasteiger partial charge on any atom is -0.396 e. The Kier molecular flexibility index (Phi) is 6.18. The Bertz CT molecular complexity index is 484. The molecule has 21 heavy (non-hydrogen) atoms. The Morgan fingerprint density at radius 1 is 1.33 bits per heavy atom. The highest BCUT2D eigenvalue weighted by Gasteiger charge is 2.26. The summed E-state index contributed by atoms with van der Waals surface area (Å²) in [5.41, 5.74) is 2.24. The summed E-state index contributed by atoms with van der Waals surface area (Å²) in [6.07, 6.45) is 0.839. The maximum absolute atomic E-state index is 12.3. The number of carbonyl (C=O) groups is 1. The van der Waals surface area contributed by atoms with Gasteiger partial charge in [0, 0.05) is 24.7 Å². The van der Waals surface area contributed by atoms with Crippen molar-refractivity contribution in [2.75, 3.05) is 32.1 Å². The second-order valence-corrected chi connectivity index (χ2v) is 5.88. The van der Waals surface area contributed by atoms with Crippen LogP contribution >= 0.6 is 0 Å². The van der Waals surface area contributed by atoms with Crippen molar-refractivity contribution >= 4 is 11.7 Å². The molecular weight excluding hydrogens is 268 g/mol. The molecule has 5 nitrogen and oxygen atoms in total. The largest absolute Gasteiger partial charge is 0.396 e. The van der Waals surface area contributed by atoms with Crippen molar-refractivity contribution in [2.45, 2.75) is 27.2 Å². The van der Waals surface area contributed by atoms with Crippen LogP contribution in [0.4, 0.5) is 10.5 Å². The molecule has 3 N–H and O–H groups in total. The van der Waals surface area contributed by atoms with Crippen molar-refractivity contribution in [1.82, 2.24) is 4.90 Å². The number of aryl methyl sites for hydroxylation is 2. The van der Waals surface area contributed by atoms with Crippen LogP contribution in [0.3, 0.4) is 0 Å². The summed E-state index contributed by atoms with van der Waals surface area (Å²) < 4.78 is 0. The number of benzene rings is 1. The molecule has 0 saturated carbocycles. The van der Waals surface area contributed by atoms with Crippen molar-refractivity contribution in [3.63, 3.8) is 0 Å². The van der Waals surface area contributed by atoms with E-state index in [1.54, 1.807) is 14.0 Å². The first-order valence-corrected chi connectivity index (χ1v) is 7.19. The third-order valence-electron chi connectivity index (χ3n) is 3.70. The number of urea groups is 1. The van der Waals surface area contributed by atoms with Crippen LogP contribution < -0.4 is 5.32 Å². The van der Waals surface area contributed by atoms with Crippen molar-refractivity contribution in [3.8, 4) is 0 Å². The van der Waals surface area contributed by atoms with E-state index in [0.29, 0.717) is 0 Å². The van der Waals surface area contributed by atoms with Gasteiger partial charge < -0.3 is 20.4 Å². The fourth-order valence-electron chi connectivity index (χ4n) is 2.20. The van der Waals surface area contributed by atoms with E-state index in [0.717, 1.165) is 23.2 Å². The predicted molar refractivity (Wildman–Crippen MR) is 84.5 cm³/mol. The number of hydrogen-bond acceptors (Lipinski definition) is 3. The Balaban J connectivity index is 2.82. The van der Waals surface area contributed by atoms with Crippen LogP contribution in [0.2, 0.25) is 0 Å². The molecular formula is C16H26N2O3. The van der Waals surface area contributed by atoms with E-state index in [2.05, 4.69) is 5.32 Å². The summed E-state index contributed by atoms with van der Waals surface area (Å²) in [6.45, 7) is 5.67. The Morgan fingerprint density at radius 3 is 2.48 bits per heavy atom. The monoisotopic (exact) mass is 294 g/mol. The lowest BCUT2D eigenvalue weighted by atomic mass is 9.92. The van der Waals surface area contributed by atoms with Gasteiger partial charge in [-0.2, -0.15) is 0 Å². The molecule has 1 rings (SSSR count). The number of carbonyl (C=O) groups excluding carboxylic acids is 1. The van der Waals surface area contributed by atoms with E-state index in [1.807, 2.05) is 32.0 Å². The van der Waals surface area contributed by atoms with E-state index in [-0.39, 0.29) is 25.8 Å². The molecule has 0 spiro atoms. The molecule has 5 heteroatoms. The van der Waals surface area contributed by atoms with Crippen LogP contribution in [0, 0.1) is 12.3 Å². The summed E-state index contributed by atoms with van der Waals surface area (Å²) in [5, 5.41) is 21.6. The highest BCUT2D eigenvalue weighted by Crippen LogP contribution is 2.22. The number of aliphatic hydroxyl groups excluding tert-OH is 2. The van der Waals surface area contributed by atoms with E-state index < -0.39 is 5.41 Å². The molecule has 0 aliphatic rings. The SMILES string of the molecule is CCc1cccc(C)c1NC(=O)N(C)CC(C)(CO)CO. The zero-order valence-corrected chi connectivity index (χ0v) is 13.3. The molecule has 0 atom stereocenters. The fraction of sp³-hybridized carbons (Fsp3) is 0.562. The highest BCUT2D eigenvalue weighted by atomic mass is 16.3. The van der Waals surface area contributed by atoms with Crippen molar-refractivity contribution in [3.05, 3.63) is 29.3 Å². The van der Waals surface area contributed by atoms with Crippen LogP contribution in [0.5, 0.6) is 0 Å². The number of para-hydroxylation sites is 1. The van der Waals surface area contributed by atoms with Crippen LogP contribution in [-0.2, 0) is 6.42 Å². The maximum atomic E-state index is 12.3. The fourth-order valence-corrected chi connectivity index (χ4v) is 2.20. The number of anilines is 1. The third-order valence-corrected chi connectivity index (χ3v) is 3.70. The maximum Gasteiger partial charge on any atom is 0.321 e. The molecule has 0 radical (unpaired) electrons. The normalized spacial score (nSPS) is 11.3. The zero-order chi connectivity index (χ0) is 16.0. The molecule has 2 amide bonds. The minimum atomic E-state index is -0.703. The quantitative estimate of drug-likeness (QED) is 0.751. The van der Waals surface area contributed by atoms with Crippen LogP contribution in [0.15, 0.2) is 18.2 Å². The first-order valence-electron chi connectivity index (χ1n) is 7.19. The van der Waals surface area contributed by atoms with Crippen molar-refractivity contribution in [2.24, 2.45) is 5.41 Å². The number of nitrogens with zero attached hydrogens (tertiary/aromatic N) is 1. The van der Waals surface area contributed by atoms with Gasteiger partial charge in [0.1, 0.15) is 0 Å². The molecule has 1 aromatic rings. The van der Waals surface area contributed by atoms with Crippen LogP contribution in [-0.4, -0.2) is 48.0 Å². The molecule has 0 fully saturated rings. The van der Waals surface area contributed by atoms with E-state index in [4.69, 9.17) is 0 Å². The summed E-state index contributed by atoms with van der Waals surface area (Å²) in [6, 6.07) is 5.68. The van der Waals surface area contributed by atoms with Crippen LogP contribution in [0.1, 0.15) is 25.0 Å². The molecule has 1 aromatic carbocycles. The van der Waals surface area contributed by atoms with E-state index >= 15 is 0 Å². The average molecular weight is 294 g/mol.